The van der Waals surface area contributed by atoms with E-state index in [1.165, 1.54) is 24.2 Å². The van der Waals surface area contributed by atoms with Gasteiger partial charge in [-0.3, -0.25) is 0 Å². The first kappa shape index (κ1) is 14.6. The normalized spacial score (nSPS) is 22.6. The van der Waals surface area contributed by atoms with Crippen LogP contribution in [0.2, 0.25) is 18.1 Å². The highest BCUT2D eigenvalue weighted by molar-refractivity contribution is 6.74. The Morgan fingerprint density at radius 2 is 1.94 bits per heavy atom. The van der Waals surface area contributed by atoms with Crippen LogP contribution in [0.4, 0.5) is 0 Å². The Kier molecular flexibility index (Phi) is 4.29. The third-order valence-electron chi connectivity index (χ3n) is 4.38. The summed E-state index contributed by atoms with van der Waals surface area (Å²) in [5.74, 6) is 1.79. The second-order valence-corrected chi connectivity index (χ2v) is 11.4. The van der Waals surface area contributed by atoms with E-state index >= 15 is 0 Å². The number of allylic oxidation sites excluding steroid dienone is 3. The molecule has 0 fully saturated rings. The van der Waals surface area contributed by atoms with E-state index in [-0.39, 0.29) is 5.04 Å². The SMILES string of the molecule is C=C[C@@H]1CCCC(O[Si](C)(C)C(C)(C)C)=C1C. The van der Waals surface area contributed by atoms with Crippen molar-refractivity contribution in [2.24, 2.45) is 5.92 Å². The second-order valence-electron chi connectivity index (χ2n) is 6.70. The van der Waals surface area contributed by atoms with Crippen molar-refractivity contribution in [3.63, 3.8) is 0 Å². The lowest BCUT2D eigenvalue weighted by atomic mass is 9.88. The molecule has 0 amide bonds. The highest BCUT2D eigenvalue weighted by Crippen LogP contribution is 2.41. The molecule has 0 unspecified atom stereocenters. The largest absolute Gasteiger partial charge is 0.547 e. The van der Waals surface area contributed by atoms with Crippen molar-refractivity contribution < 1.29 is 4.43 Å². The second kappa shape index (κ2) is 5.01. The van der Waals surface area contributed by atoms with E-state index in [2.05, 4.69) is 53.4 Å². The summed E-state index contributed by atoms with van der Waals surface area (Å²) in [6, 6.07) is 0. The summed E-state index contributed by atoms with van der Waals surface area (Å²) in [5, 5.41) is 0.279. The smallest absolute Gasteiger partial charge is 0.250 e. The Bertz CT molecular complexity index is 320. The molecule has 0 bridgehead atoms. The van der Waals surface area contributed by atoms with E-state index in [0.717, 1.165) is 6.42 Å². The van der Waals surface area contributed by atoms with Crippen LogP contribution in [0.1, 0.15) is 47.0 Å². The fourth-order valence-corrected chi connectivity index (χ4v) is 3.18. The van der Waals surface area contributed by atoms with Crippen molar-refractivity contribution in [1.82, 2.24) is 0 Å². The molecule has 1 aliphatic carbocycles. The average Bonchev–Trinajstić information content (AvgIpc) is 2.19. The molecule has 0 saturated heterocycles. The lowest BCUT2D eigenvalue weighted by Gasteiger charge is -2.39. The molecule has 98 valence electrons. The molecule has 0 aromatic heterocycles. The molecule has 1 aliphatic rings. The van der Waals surface area contributed by atoms with Crippen molar-refractivity contribution in [3.05, 3.63) is 24.0 Å². The van der Waals surface area contributed by atoms with E-state index < -0.39 is 8.32 Å². The van der Waals surface area contributed by atoms with Gasteiger partial charge >= 0.3 is 0 Å². The topological polar surface area (TPSA) is 9.23 Å². The Labute approximate surface area is 108 Å². The van der Waals surface area contributed by atoms with Crippen molar-refractivity contribution >= 4 is 8.32 Å². The zero-order valence-electron chi connectivity index (χ0n) is 12.4. The maximum absolute atomic E-state index is 6.46. The monoisotopic (exact) mass is 252 g/mol. The third-order valence-corrected chi connectivity index (χ3v) is 8.75. The maximum Gasteiger partial charge on any atom is 0.250 e. The molecule has 0 N–H and O–H groups in total. The van der Waals surface area contributed by atoms with Crippen molar-refractivity contribution in [3.8, 4) is 0 Å². The van der Waals surface area contributed by atoms with Gasteiger partial charge in [0.15, 0.2) is 0 Å². The van der Waals surface area contributed by atoms with Crippen LogP contribution in [0.15, 0.2) is 24.0 Å². The van der Waals surface area contributed by atoms with Gasteiger partial charge in [-0.2, -0.15) is 0 Å². The third kappa shape index (κ3) is 3.24. The molecule has 0 radical (unpaired) electrons. The predicted molar refractivity (Wildman–Crippen MR) is 78.5 cm³/mol. The molecule has 0 saturated carbocycles. The van der Waals surface area contributed by atoms with Gasteiger partial charge in [0.1, 0.15) is 0 Å². The van der Waals surface area contributed by atoms with E-state index in [1.807, 2.05) is 0 Å². The van der Waals surface area contributed by atoms with Crippen LogP contribution in [-0.4, -0.2) is 8.32 Å². The quantitative estimate of drug-likeness (QED) is 0.491. The summed E-state index contributed by atoms with van der Waals surface area (Å²) in [7, 11) is -1.67. The van der Waals surface area contributed by atoms with Crippen LogP contribution >= 0.6 is 0 Å². The lowest BCUT2D eigenvalue weighted by Crippen LogP contribution is -2.41. The van der Waals surface area contributed by atoms with Crippen LogP contribution in [-0.2, 0) is 4.43 Å². The van der Waals surface area contributed by atoms with Gasteiger partial charge in [0, 0.05) is 12.3 Å². The average molecular weight is 252 g/mol. The minimum atomic E-state index is -1.67. The molecule has 1 nitrogen and oxygen atoms in total. The number of hydrogen-bond acceptors (Lipinski definition) is 1. The Morgan fingerprint density at radius 1 is 1.35 bits per heavy atom. The molecule has 0 spiro atoms. The molecule has 0 heterocycles. The lowest BCUT2D eigenvalue weighted by molar-refractivity contribution is 0.334. The fourth-order valence-electron chi connectivity index (χ4n) is 1.99. The van der Waals surface area contributed by atoms with Gasteiger partial charge in [-0.1, -0.05) is 26.8 Å². The summed E-state index contributed by atoms with van der Waals surface area (Å²) in [4.78, 5) is 0. The van der Waals surface area contributed by atoms with E-state index in [4.69, 9.17) is 4.43 Å². The molecule has 2 heteroatoms. The van der Waals surface area contributed by atoms with Crippen LogP contribution in [0.5, 0.6) is 0 Å². The molecule has 17 heavy (non-hydrogen) atoms. The van der Waals surface area contributed by atoms with E-state index in [9.17, 15) is 0 Å². The first-order valence-corrected chi connectivity index (χ1v) is 9.61. The van der Waals surface area contributed by atoms with Gasteiger partial charge < -0.3 is 4.43 Å². The van der Waals surface area contributed by atoms with Gasteiger partial charge in [-0.25, -0.2) is 0 Å². The summed E-state index contributed by atoms with van der Waals surface area (Å²) in [6.07, 6.45) is 5.66. The predicted octanol–water partition coefficient (Wildman–Crippen LogP) is 5.27. The molecule has 0 aromatic carbocycles. The molecule has 1 rings (SSSR count). The zero-order valence-corrected chi connectivity index (χ0v) is 13.4. The van der Waals surface area contributed by atoms with Crippen molar-refractivity contribution in [1.29, 1.82) is 0 Å². The highest BCUT2D eigenvalue weighted by Gasteiger charge is 2.40. The van der Waals surface area contributed by atoms with Gasteiger partial charge in [0.2, 0.25) is 8.32 Å². The Morgan fingerprint density at radius 3 is 2.41 bits per heavy atom. The van der Waals surface area contributed by atoms with Gasteiger partial charge in [0.25, 0.3) is 0 Å². The van der Waals surface area contributed by atoms with Crippen LogP contribution in [0.3, 0.4) is 0 Å². The Hall–Kier alpha value is -0.503. The minimum absolute atomic E-state index is 0.279. The molecule has 0 aromatic rings. The van der Waals surface area contributed by atoms with E-state index in [0.29, 0.717) is 5.92 Å². The molecule has 0 aliphatic heterocycles. The number of hydrogen-bond donors (Lipinski definition) is 0. The summed E-state index contributed by atoms with van der Waals surface area (Å²) in [6.45, 7) is 17.7. The van der Waals surface area contributed by atoms with Crippen molar-refractivity contribution in [2.75, 3.05) is 0 Å². The standard InChI is InChI=1S/C15H28OSi/c1-8-13-10-9-11-14(12(13)2)16-17(6,7)15(3,4)5/h8,13H,1,9-11H2,2-7H3/t13-/m1/s1. The first-order valence-electron chi connectivity index (χ1n) is 6.70. The van der Waals surface area contributed by atoms with E-state index in [1.54, 1.807) is 0 Å². The molecule has 1 atom stereocenters. The highest BCUT2D eigenvalue weighted by atomic mass is 28.4. The molecular weight excluding hydrogens is 224 g/mol. The number of rotatable bonds is 3. The van der Waals surface area contributed by atoms with Gasteiger partial charge in [-0.15, -0.1) is 6.58 Å². The zero-order chi connectivity index (χ0) is 13.3. The summed E-state index contributed by atoms with van der Waals surface area (Å²) >= 11 is 0. The van der Waals surface area contributed by atoms with Crippen LogP contribution in [0, 0.1) is 5.92 Å². The summed E-state index contributed by atoms with van der Waals surface area (Å²) < 4.78 is 6.46. The fraction of sp³-hybridized carbons (Fsp3) is 0.733. The molecular formula is C15H28OSi. The maximum atomic E-state index is 6.46. The Balaban J connectivity index is 2.91. The van der Waals surface area contributed by atoms with Crippen LogP contribution < -0.4 is 0 Å². The van der Waals surface area contributed by atoms with Gasteiger partial charge in [-0.05, 0) is 43.5 Å². The van der Waals surface area contributed by atoms with Gasteiger partial charge in [0.05, 0.1) is 5.76 Å². The first-order chi connectivity index (χ1) is 7.69. The summed E-state index contributed by atoms with van der Waals surface area (Å²) in [5.41, 5.74) is 1.41. The van der Waals surface area contributed by atoms with Crippen molar-refractivity contribution in [2.45, 2.75) is 65.1 Å². The minimum Gasteiger partial charge on any atom is -0.547 e. The van der Waals surface area contributed by atoms with Crippen LogP contribution in [0.25, 0.3) is 0 Å².